The van der Waals surface area contributed by atoms with Gasteiger partial charge < -0.3 is 32.4 Å². The van der Waals surface area contributed by atoms with E-state index in [1.54, 1.807) is 0 Å². The van der Waals surface area contributed by atoms with Gasteiger partial charge in [0.2, 0.25) is 0 Å². The molecule has 308 valence electrons. The topological polar surface area (TPSA) is 209 Å². The lowest BCUT2D eigenvalue weighted by atomic mass is 9.55. The summed E-state index contributed by atoms with van der Waals surface area (Å²) in [6.07, 6.45) is 19.3. The van der Waals surface area contributed by atoms with Crippen LogP contribution in [0.2, 0.25) is 0 Å². The largest absolute Gasteiger partial charge is 0.474 e. The zero-order valence-corrected chi connectivity index (χ0v) is 34.7. The van der Waals surface area contributed by atoms with E-state index in [2.05, 4.69) is 49.8 Å². The highest BCUT2D eigenvalue weighted by molar-refractivity contribution is 7.48. The number of hydrogen-bond donors (Lipinski definition) is 4. The number of phosphoric ester groups is 1. The summed E-state index contributed by atoms with van der Waals surface area (Å²) < 4.78 is 40.3. The molecule has 14 heteroatoms. The Morgan fingerprint density at radius 3 is 2.11 bits per heavy atom. The Bertz CT molecular complexity index is 1150. The molecule has 0 aromatic carbocycles. The van der Waals surface area contributed by atoms with E-state index in [1.165, 1.54) is 51.4 Å². The van der Waals surface area contributed by atoms with Gasteiger partial charge in [0.05, 0.1) is 52.5 Å². The molecule has 0 amide bonds. The van der Waals surface area contributed by atoms with E-state index < -0.39 is 7.82 Å². The average Bonchev–Trinajstić information content (AvgIpc) is 3.47. The van der Waals surface area contributed by atoms with Crippen LogP contribution in [0.4, 0.5) is 0 Å². The molecule has 0 aromatic heterocycles. The zero-order chi connectivity index (χ0) is 39.3. The van der Waals surface area contributed by atoms with Crippen LogP contribution in [0.1, 0.15) is 125 Å². The minimum atomic E-state index is -3.96. The molecule has 3 rings (SSSR count). The monoisotopic (exact) mass is 771 g/mol. The van der Waals surface area contributed by atoms with Crippen LogP contribution < -0.4 is 22.9 Å². The Hall–Kier alpha value is -2.18. The smallest absolute Gasteiger partial charge is 0.462 e. The maximum Gasteiger partial charge on any atom is 0.474 e. The van der Waals surface area contributed by atoms with E-state index in [0.717, 1.165) is 61.2 Å². The molecule has 0 bridgehead atoms. The van der Waals surface area contributed by atoms with Gasteiger partial charge in [0.1, 0.15) is 6.10 Å². The van der Waals surface area contributed by atoms with Crippen molar-refractivity contribution in [3.05, 3.63) is 12.2 Å². The summed E-state index contributed by atoms with van der Waals surface area (Å²) >= 11 is 0. The summed E-state index contributed by atoms with van der Waals surface area (Å²) in [6, 6.07) is 0. The van der Waals surface area contributed by atoms with Crippen molar-refractivity contribution in [2.75, 3.05) is 46.1 Å². The van der Waals surface area contributed by atoms with Gasteiger partial charge in [-0.1, -0.05) is 79.4 Å². The molecule has 8 N–H and O–H groups in total. The number of allylic oxidation sites excluding steroid dienone is 1. The number of guanidine groups is 2. The van der Waals surface area contributed by atoms with Gasteiger partial charge >= 0.3 is 13.8 Å². The van der Waals surface area contributed by atoms with Crippen LogP contribution in [0.5, 0.6) is 0 Å². The fourth-order valence-electron chi connectivity index (χ4n) is 8.92. The van der Waals surface area contributed by atoms with Gasteiger partial charge in [-0.05, 0) is 85.9 Å². The summed E-state index contributed by atoms with van der Waals surface area (Å²) in [4.78, 5) is 20.3. The molecule has 0 saturated heterocycles. The highest BCUT2D eigenvalue weighted by atomic mass is 31.2. The lowest BCUT2D eigenvalue weighted by Crippen LogP contribution is -2.42. The van der Waals surface area contributed by atoms with Crippen molar-refractivity contribution in [2.45, 2.75) is 131 Å². The van der Waals surface area contributed by atoms with Gasteiger partial charge in [0, 0.05) is 6.42 Å². The second-order valence-electron chi connectivity index (χ2n) is 15.5. The highest BCUT2D eigenvalue weighted by Gasteiger charge is 2.54. The zero-order valence-electron chi connectivity index (χ0n) is 33.8. The van der Waals surface area contributed by atoms with E-state index in [9.17, 15) is 9.36 Å². The Morgan fingerprint density at radius 1 is 0.830 bits per heavy atom. The molecular formula is C39H75N6O7P. The summed E-state index contributed by atoms with van der Waals surface area (Å²) in [5, 5.41) is 0. The fraction of sp³-hybridized carbons (Fsp3) is 0.872. The van der Waals surface area contributed by atoms with Crippen molar-refractivity contribution in [1.82, 2.24) is 0 Å². The maximum atomic E-state index is 13.0. The summed E-state index contributed by atoms with van der Waals surface area (Å²) in [7, 11) is -3.96. The Balaban J connectivity index is 0.00000477. The molecule has 0 radical (unpaired) electrons. The van der Waals surface area contributed by atoms with Gasteiger partial charge in [0.25, 0.3) is 0 Å². The van der Waals surface area contributed by atoms with E-state index >= 15 is 0 Å². The number of rotatable bonds is 21. The molecule has 7 atom stereocenters. The third-order valence-corrected chi connectivity index (χ3v) is 12.9. The van der Waals surface area contributed by atoms with Crippen LogP contribution in [0.3, 0.4) is 0 Å². The number of phosphoric acid groups is 1. The maximum absolute atomic E-state index is 13.0. The molecule has 7 unspecified atom stereocenters. The van der Waals surface area contributed by atoms with Crippen LogP contribution in [0.15, 0.2) is 22.1 Å². The molecule has 2 saturated carbocycles. The minimum absolute atomic E-state index is 0.0678. The van der Waals surface area contributed by atoms with Crippen molar-refractivity contribution < 1.29 is 32.4 Å². The summed E-state index contributed by atoms with van der Waals surface area (Å²) in [5.74, 6) is 4.32. The van der Waals surface area contributed by atoms with Crippen molar-refractivity contribution in [3.8, 4) is 0 Å². The molecule has 0 aromatic rings. The van der Waals surface area contributed by atoms with Crippen molar-refractivity contribution in [2.24, 2.45) is 73.8 Å². The molecule has 3 aliphatic carbocycles. The third-order valence-electron chi connectivity index (χ3n) is 11.4. The fourth-order valence-corrected chi connectivity index (χ4v) is 10.0. The normalized spacial score (nSPS) is 27.0. The molecule has 0 aliphatic heterocycles. The highest BCUT2D eigenvalue weighted by Crippen LogP contribution is 2.62. The quantitative estimate of drug-likeness (QED) is 0.0232. The summed E-state index contributed by atoms with van der Waals surface area (Å²) in [6.45, 7) is 13.9. The number of fused-ring (bicyclic) bond motifs is 3. The average molecular weight is 771 g/mol. The molecule has 53 heavy (non-hydrogen) atoms. The number of hydrogen-bond acceptors (Lipinski definition) is 9. The molecular weight excluding hydrogens is 695 g/mol. The van der Waals surface area contributed by atoms with Crippen molar-refractivity contribution >= 4 is 25.7 Å². The number of carbonyl (C=O) groups excluding carboxylic acids is 1. The Morgan fingerprint density at radius 2 is 1.47 bits per heavy atom. The standard InChI is InChI=1S/C37H69N6O7P.C2H6/c1-27(2)9-7-10-28(3)32-15-16-33-31-14-6-5-12-30(13-8-11-29(31)17-19-37(32,33)4)50-34(44)18-22-46-25-26-49-51(45,47-23-20-42-35(38)39)48-24-21-43-36(40)41;1-2/h5-6,27-33H,7-26H2,1-4H3,(H4,38,39,42)(H4,40,41,43);1-2H3/b6-5+;. The van der Waals surface area contributed by atoms with Crippen LogP contribution in [0, 0.1) is 40.9 Å². The number of ether oxygens (including phenoxy) is 2. The number of esters is 1. The van der Waals surface area contributed by atoms with Gasteiger partial charge in [-0.2, -0.15) is 0 Å². The third kappa shape index (κ3) is 17.0. The van der Waals surface area contributed by atoms with Crippen LogP contribution in [-0.2, 0) is 32.4 Å². The van der Waals surface area contributed by atoms with Gasteiger partial charge in [0.15, 0.2) is 11.9 Å². The predicted molar refractivity (Wildman–Crippen MR) is 214 cm³/mol. The Kier molecular flexibility index (Phi) is 22.2. The van der Waals surface area contributed by atoms with Gasteiger partial charge in [-0.3, -0.25) is 28.4 Å². The molecule has 3 aliphatic rings. The molecule has 0 spiro atoms. The Labute approximate surface area is 320 Å². The van der Waals surface area contributed by atoms with E-state index in [-0.39, 0.29) is 76.5 Å². The number of carbonyl (C=O) groups is 1. The van der Waals surface area contributed by atoms with E-state index in [0.29, 0.717) is 5.41 Å². The molecule has 0 heterocycles. The van der Waals surface area contributed by atoms with Gasteiger partial charge in [-0.25, -0.2) is 4.57 Å². The number of aliphatic imine (C=N–C) groups is 2. The summed E-state index contributed by atoms with van der Waals surface area (Å²) in [5.41, 5.74) is 21.7. The van der Waals surface area contributed by atoms with E-state index in [4.69, 9.17) is 46.0 Å². The van der Waals surface area contributed by atoms with Crippen LogP contribution in [-0.4, -0.2) is 70.1 Å². The van der Waals surface area contributed by atoms with Crippen LogP contribution >= 0.6 is 7.82 Å². The first kappa shape index (κ1) is 47.0. The first-order chi connectivity index (χ1) is 25.3. The molecule has 13 nitrogen and oxygen atoms in total. The van der Waals surface area contributed by atoms with E-state index in [1.807, 2.05) is 13.8 Å². The molecule has 2 fully saturated rings. The van der Waals surface area contributed by atoms with Crippen molar-refractivity contribution in [1.29, 1.82) is 0 Å². The van der Waals surface area contributed by atoms with Crippen LogP contribution in [0.25, 0.3) is 0 Å². The second kappa shape index (κ2) is 25.1. The number of nitrogens with two attached hydrogens (primary N) is 4. The van der Waals surface area contributed by atoms with Crippen molar-refractivity contribution in [3.63, 3.8) is 0 Å². The first-order valence-corrected chi connectivity index (χ1v) is 21.9. The second-order valence-corrected chi connectivity index (χ2v) is 17.1. The first-order valence-electron chi connectivity index (χ1n) is 20.4. The number of nitrogens with zero attached hydrogens (tertiary/aromatic N) is 2. The predicted octanol–water partition coefficient (Wildman–Crippen LogP) is 7.08. The SMILES string of the molecule is CC.CC(C)CCCC(C)C1CCC2C3C/C=C/CC(OC(=O)CCOCCOP(=O)(OCCN=C(N)N)OCCN=C(N)N)CCCC3CCC12C. The lowest BCUT2D eigenvalue weighted by molar-refractivity contribution is -0.150. The minimum Gasteiger partial charge on any atom is -0.462 e. The van der Waals surface area contributed by atoms with Gasteiger partial charge in [-0.15, -0.1) is 0 Å². The lowest BCUT2D eigenvalue weighted by Gasteiger charge is -2.50.